The number of nitrogens with two attached hydrogens (primary N) is 1. The topological polar surface area (TPSA) is 142 Å². The number of fused-ring (bicyclic) bond motifs is 1. The van der Waals surface area contributed by atoms with Gasteiger partial charge in [0.15, 0.2) is 15.6 Å². The lowest BCUT2D eigenvalue weighted by atomic mass is 10.1. The Hall–Kier alpha value is -4.09. The van der Waals surface area contributed by atoms with Gasteiger partial charge in [0.05, 0.1) is 15.9 Å². The van der Waals surface area contributed by atoms with Crippen LogP contribution < -0.4 is 10.6 Å². The first-order valence-electron chi connectivity index (χ1n) is 10.4. The molecule has 4 N–H and O–H groups in total. The van der Waals surface area contributed by atoms with E-state index in [-0.39, 0.29) is 16.2 Å². The van der Waals surface area contributed by atoms with Crippen molar-refractivity contribution in [1.82, 2.24) is 15.0 Å². The number of imidazole rings is 1. The number of nitrogens with one attached hydrogen (secondary N) is 2. The van der Waals surface area contributed by atoms with E-state index >= 15 is 0 Å². The molecule has 0 unspecified atom stereocenters. The molecule has 1 aromatic heterocycles. The van der Waals surface area contributed by atoms with E-state index in [1.54, 1.807) is 24.3 Å². The van der Waals surface area contributed by atoms with Gasteiger partial charge in [-0.05, 0) is 48.0 Å². The Morgan fingerprint density at radius 2 is 1.80 bits per heavy atom. The van der Waals surface area contributed by atoms with Crippen LogP contribution in [-0.2, 0) is 16.3 Å². The van der Waals surface area contributed by atoms with Crippen molar-refractivity contribution in [2.45, 2.75) is 11.3 Å². The molecule has 9 nitrogen and oxygen atoms in total. The number of carbonyl (C=O) groups is 1. The predicted octanol–water partition coefficient (Wildman–Crippen LogP) is 3.26. The summed E-state index contributed by atoms with van der Waals surface area (Å²) < 4.78 is 23.6. The van der Waals surface area contributed by atoms with Gasteiger partial charge in [0.2, 0.25) is 5.96 Å². The Kier molecular flexibility index (Phi) is 6.63. The molecule has 0 aliphatic heterocycles. The Labute approximate surface area is 206 Å². The van der Waals surface area contributed by atoms with Crippen molar-refractivity contribution in [2.24, 2.45) is 5.73 Å². The number of amides is 1. The zero-order valence-electron chi connectivity index (χ0n) is 18.6. The van der Waals surface area contributed by atoms with Crippen molar-refractivity contribution in [2.75, 3.05) is 6.26 Å². The lowest BCUT2D eigenvalue weighted by Crippen LogP contribution is -2.43. The minimum absolute atomic E-state index is 0.00626. The van der Waals surface area contributed by atoms with Gasteiger partial charge in [-0.2, -0.15) is 0 Å². The van der Waals surface area contributed by atoms with Crippen LogP contribution in [0.25, 0.3) is 11.0 Å². The number of hydrogen-bond acceptors (Lipinski definition) is 7. The number of para-hydroxylation sites is 2. The first-order valence-corrected chi connectivity index (χ1v) is 12.7. The summed E-state index contributed by atoms with van der Waals surface area (Å²) in [5.41, 5.74) is 8.14. The molecule has 1 amide bonds. The predicted molar refractivity (Wildman–Crippen MR) is 136 cm³/mol. The van der Waals surface area contributed by atoms with E-state index in [9.17, 15) is 13.2 Å². The van der Waals surface area contributed by atoms with Gasteiger partial charge in [0, 0.05) is 23.1 Å². The molecule has 0 atom stereocenters. The number of sulfone groups is 1. The van der Waals surface area contributed by atoms with E-state index < -0.39 is 21.7 Å². The fourth-order valence-electron chi connectivity index (χ4n) is 3.33. The van der Waals surface area contributed by atoms with Crippen LogP contribution >= 0.6 is 12.2 Å². The minimum Gasteiger partial charge on any atom is -0.369 e. The maximum absolute atomic E-state index is 12.9. The number of aromatic nitrogens is 2. The smallest absolute Gasteiger partial charge is 0.294 e. The Morgan fingerprint density at radius 3 is 2.46 bits per heavy atom. The summed E-state index contributed by atoms with van der Waals surface area (Å²) in [5.74, 6) is -0.457. The summed E-state index contributed by atoms with van der Waals surface area (Å²) in [5, 5.41) is 8.33. The number of guanidine groups is 1. The quantitative estimate of drug-likeness (QED) is 0.115. The summed E-state index contributed by atoms with van der Waals surface area (Å²) in [6.07, 6.45) is 1.48. The molecular formula is C24H21N5O4S2. The highest BCUT2D eigenvalue weighted by Gasteiger charge is 2.22. The molecule has 0 saturated carbocycles. The molecule has 3 aromatic carbocycles. The molecule has 0 fully saturated rings. The number of H-pyrrole nitrogens is 1. The van der Waals surface area contributed by atoms with Crippen LogP contribution in [0.5, 0.6) is 5.75 Å². The molecule has 4 rings (SSSR count). The average molecular weight is 508 g/mol. The van der Waals surface area contributed by atoms with Gasteiger partial charge in [-0.15, -0.1) is 5.06 Å². The molecule has 1 heterocycles. The number of thiocarbonyl (C=S) groups is 1. The summed E-state index contributed by atoms with van der Waals surface area (Å²) in [4.78, 5) is 26.8. The molecule has 178 valence electrons. The third-order valence-corrected chi connectivity index (χ3v) is 6.54. The molecule has 0 radical (unpaired) electrons. The van der Waals surface area contributed by atoms with Crippen molar-refractivity contribution in [3.05, 3.63) is 89.7 Å². The molecule has 0 bridgehead atoms. The Bertz CT molecular complexity index is 1510. The van der Waals surface area contributed by atoms with Crippen LogP contribution in [0.2, 0.25) is 0 Å². The third-order valence-electron chi connectivity index (χ3n) is 5.05. The van der Waals surface area contributed by atoms with Gasteiger partial charge in [0.1, 0.15) is 5.82 Å². The van der Waals surface area contributed by atoms with Crippen molar-refractivity contribution >= 4 is 49.8 Å². The fourth-order valence-corrected chi connectivity index (χ4v) is 4.27. The molecule has 0 aliphatic carbocycles. The largest absolute Gasteiger partial charge is 0.369 e. The number of aromatic amines is 1. The van der Waals surface area contributed by atoms with E-state index in [1.807, 2.05) is 24.3 Å². The van der Waals surface area contributed by atoms with Crippen LogP contribution in [0.1, 0.15) is 21.7 Å². The van der Waals surface area contributed by atoms with Gasteiger partial charge < -0.3 is 15.6 Å². The lowest BCUT2D eigenvalue weighted by molar-refractivity contribution is 0.0153. The zero-order chi connectivity index (χ0) is 25.2. The van der Waals surface area contributed by atoms with E-state index in [0.29, 0.717) is 16.3 Å². The number of benzene rings is 3. The summed E-state index contributed by atoms with van der Waals surface area (Å²) in [6.45, 7) is 0. The van der Waals surface area contributed by atoms with Gasteiger partial charge in [0.25, 0.3) is 5.91 Å². The van der Waals surface area contributed by atoms with Crippen LogP contribution in [0.4, 0.5) is 0 Å². The van der Waals surface area contributed by atoms with Crippen LogP contribution in [0, 0.1) is 5.41 Å². The van der Waals surface area contributed by atoms with E-state index in [0.717, 1.165) is 28.7 Å². The van der Waals surface area contributed by atoms with Gasteiger partial charge in [-0.1, -0.05) is 42.5 Å². The summed E-state index contributed by atoms with van der Waals surface area (Å²) in [7, 11) is -3.52. The Morgan fingerprint density at radius 1 is 1.09 bits per heavy atom. The normalized spacial score (nSPS) is 11.2. The van der Waals surface area contributed by atoms with Gasteiger partial charge in [-0.3, -0.25) is 10.2 Å². The van der Waals surface area contributed by atoms with Crippen molar-refractivity contribution in [3.8, 4) is 5.75 Å². The SMILES string of the molecule is CS(=O)(=O)c1cccc(C(=O)N(Oc2ccc(C(=S)Cc3nc4ccccc4[nH]3)cc2)C(=N)N)c1. The summed E-state index contributed by atoms with van der Waals surface area (Å²) >= 11 is 5.56. The fraction of sp³-hybridized carbons (Fsp3) is 0.0833. The highest BCUT2D eigenvalue weighted by molar-refractivity contribution is 7.90. The number of hydrogen-bond donors (Lipinski definition) is 3. The van der Waals surface area contributed by atoms with Crippen molar-refractivity contribution in [3.63, 3.8) is 0 Å². The first-order chi connectivity index (χ1) is 16.6. The number of nitrogens with zero attached hydrogens (tertiary/aromatic N) is 2. The van der Waals surface area contributed by atoms with Crippen LogP contribution in [0.15, 0.2) is 77.7 Å². The molecule has 11 heteroatoms. The zero-order valence-corrected chi connectivity index (χ0v) is 20.2. The highest BCUT2D eigenvalue weighted by Crippen LogP contribution is 2.19. The van der Waals surface area contributed by atoms with E-state index in [2.05, 4.69) is 9.97 Å². The maximum atomic E-state index is 12.9. The van der Waals surface area contributed by atoms with Gasteiger partial charge in [-0.25, -0.2) is 13.4 Å². The molecule has 0 spiro atoms. The second-order valence-corrected chi connectivity index (χ2v) is 10.2. The molecule has 35 heavy (non-hydrogen) atoms. The Balaban J connectivity index is 1.48. The summed E-state index contributed by atoms with van der Waals surface area (Å²) in [6, 6.07) is 19.8. The monoisotopic (exact) mass is 507 g/mol. The van der Waals surface area contributed by atoms with E-state index in [1.165, 1.54) is 24.3 Å². The molecule has 4 aromatic rings. The first kappa shape index (κ1) is 24.0. The van der Waals surface area contributed by atoms with Crippen LogP contribution in [0.3, 0.4) is 0 Å². The van der Waals surface area contributed by atoms with Gasteiger partial charge >= 0.3 is 0 Å². The maximum Gasteiger partial charge on any atom is 0.294 e. The van der Waals surface area contributed by atoms with Crippen molar-refractivity contribution < 1.29 is 18.0 Å². The average Bonchev–Trinajstić information content (AvgIpc) is 3.24. The highest BCUT2D eigenvalue weighted by atomic mass is 32.2. The second-order valence-electron chi connectivity index (χ2n) is 7.70. The molecule has 0 aliphatic rings. The second kappa shape index (κ2) is 9.65. The lowest BCUT2D eigenvalue weighted by Gasteiger charge is -2.20. The number of rotatable bonds is 7. The third kappa shape index (κ3) is 5.53. The minimum atomic E-state index is -3.52. The van der Waals surface area contributed by atoms with Crippen LogP contribution in [-0.4, -0.2) is 46.4 Å². The molecule has 0 saturated heterocycles. The number of carbonyl (C=O) groups excluding carboxylic acids is 1. The number of hydroxylamine groups is 2. The molecular weight excluding hydrogens is 486 g/mol. The standard InChI is InChI=1S/C24H21N5O4S2/c1-35(31,32)18-6-4-5-16(13-18)23(30)29(24(25)26)33-17-11-9-15(10-12-17)21(34)14-22-27-19-7-2-3-8-20(19)28-22/h2-13H,14H2,1H3,(H3,25,26)(H,27,28). The van der Waals surface area contributed by atoms with E-state index in [4.69, 9.17) is 28.2 Å². The van der Waals surface area contributed by atoms with Crippen molar-refractivity contribution in [1.29, 1.82) is 5.41 Å².